The van der Waals surface area contributed by atoms with Crippen molar-refractivity contribution in [2.45, 2.75) is 64.7 Å². The third kappa shape index (κ3) is 9.87. The molecule has 0 aliphatic rings. The topological polar surface area (TPSA) is 74.6 Å². The lowest BCUT2D eigenvalue weighted by Crippen LogP contribution is -2.04. The van der Waals surface area contributed by atoms with E-state index in [4.69, 9.17) is 10.2 Å². The Balaban J connectivity index is 3.63. The molecule has 18 heavy (non-hydrogen) atoms. The van der Waals surface area contributed by atoms with E-state index in [1.54, 1.807) is 0 Å². The van der Waals surface area contributed by atoms with Crippen molar-refractivity contribution in [3.63, 3.8) is 0 Å². The van der Waals surface area contributed by atoms with Gasteiger partial charge in [-0.3, -0.25) is 0 Å². The number of carboxylic acids is 2. The minimum atomic E-state index is -1.19. The molecule has 0 atom stereocenters. The van der Waals surface area contributed by atoms with E-state index in [9.17, 15) is 9.59 Å². The van der Waals surface area contributed by atoms with Crippen molar-refractivity contribution in [2.75, 3.05) is 0 Å². The highest BCUT2D eigenvalue weighted by Gasteiger charge is 2.08. The zero-order valence-corrected chi connectivity index (χ0v) is 11.2. The predicted octanol–water partition coefficient (Wildman–Crippen LogP) is 3.61. The summed E-state index contributed by atoms with van der Waals surface area (Å²) >= 11 is 0. The van der Waals surface area contributed by atoms with Gasteiger partial charge in [0.05, 0.1) is 0 Å². The van der Waals surface area contributed by atoms with Crippen LogP contribution in [0.4, 0.5) is 0 Å². The zero-order valence-electron chi connectivity index (χ0n) is 11.2. The van der Waals surface area contributed by atoms with E-state index in [1.165, 1.54) is 32.1 Å². The summed E-state index contributed by atoms with van der Waals surface area (Å²) in [6.07, 6.45) is 10.2. The number of aliphatic carboxylic acids is 2. The highest BCUT2D eigenvalue weighted by molar-refractivity contribution is 5.94. The quantitative estimate of drug-likeness (QED) is 0.437. The number of hydrogen-bond acceptors (Lipinski definition) is 2. The van der Waals surface area contributed by atoms with Crippen molar-refractivity contribution >= 4 is 11.9 Å². The van der Waals surface area contributed by atoms with Crippen LogP contribution in [-0.2, 0) is 9.59 Å². The molecule has 0 saturated carbocycles. The van der Waals surface area contributed by atoms with Gasteiger partial charge in [-0.15, -0.1) is 0 Å². The van der Waals surface area contributed by atoms with Crippen LogP contribution < -0.4 is 0 Å². The van der Waals surface area contributed by atoms with Crippen LogP contribution in [0.3, 0.4) is 0 Å². The lowest BCUT2D eigenvalue weighted by atomic mass is 10.0. The Kier molecular flexibility index (Phi) is 10.0. The number of carboxylic acid groups (broad SMARTS) is 2. The second kappa shape index (κ2) is 10.8. The SMILES string of the molecule is CCCCCCCCCCC(=CC(=O)O)C(=O)O. The second-order valence-electron chi connectivity index (χ2n) is 4.54. The molecule has 0 unspecified atom stereocenters. The molecule has 0 aliphatic heterocycles. The van der Waals surface area contributed by atoms with Crippen LogP contribution in [0.25, 0.3) is 0 Å². The molecule has 104 valence electrons. The molecule has 0 bridgehead atoms. The van der Waals surface area contributed by atoms with Crippen LogP contribution in [0.2, 0.25) is 0 Å². The molecule has 0 radical (unpaired) electrons. The van der Waals surface area contributed by atoms with Gasteiger partial charge in [0, 0.05) is 11.6 Å². The Morgan fingerprint density at radius 3 is 1.83 bits per heavy atom. The molecule has 4 heteroatoms. The molecule has 0 fully saturated rings. The van der Waals surface area contributed by atoms with Gasteiger partial charge in [0.1, 0.15) is 0 Å². The molecule has 2 N–H and O–H groups in total. The lowest BCUT2D eigenvalue weighted by Gasteiger charge is -2.02. The smallest absolute Gasteiger partial charge is 0.331 e. The predicted molar refractivity (Wildman–Crippen MR) is 70.6 cm³/mol. The molecule has 0 rings (SSSR count). The first-order valence-corrected chi connectivity index (χ1v) is 6.74. The summed E-state index contributed by atoms with van der Waals surface area (Å²) in [4.78, 5) is 21.2. The maximum absolute atomic E-state index is 10.7. The van der Waals surface area contributed by atoms with Crippen LogP contribution >= 0.6 is 0 Å². The molecular weight excluding hydrogens is 232 g/mol. The lowest BCUT2D eigenvalue weighted by molar-refractivity contribution is -0.135. The molecule has 0 aromatic heterocycles. The van der Waals surface area contributed by atoms with E-state index in [1.807, 2.05) is 0 Å². The van der Waals surface area contributed by atoms with Crippen LogP contribution in [0, 0.1) is 0 Å². The second-order valence-corrected chi connectivity index (χ2v) is 4.54. The summed E-state index contributed by atoms with van der Waals surface area (Å²) in [5.41, 5.74) is -0.00603. The molecule has 4 nitrogen and oxygen atoms in total. The number of rotatable bonds is 11. The number of hydrogen-bond donors (Lipinski definition) is 2. The summed E-state index contributed by atoms with van der Waals surface area (Å²) < 4.78 is 0. The van der Waals surface area contributed by atoms with Gasteiger partial charge in [-0.1, -0.05) is 51.9 Å². The van der Waals surface area contributed by atoms with E-state index in [0.717, 1.165) is 25.3 Å². The van der Waals surface area contributed by atoms with Crippen LogP contribution in [0.15, 0.2) is 11.6 Å². The van der Waals surface area contributed by atoms with E-state index in [2.05, 4.69) is 6.92 Å². The van der Waals surface area contributed by atoms with Gasteiger partial charge in [-0.25, -0.2) is 9.59 Å². The Hall–Kier alpha value is -1.32. The fourth-order valence-corrected chi connectivity index (χ4v) is 1.84. The Labute approximate surface area is 109 Å². The van der Waals surface area contributed by atoms with Gasteiger partial charge in [-0.05, 0) is 12.8 Å². The molecule has 0 aromatic carbocycles. The Bertz CT molecular complexity index is 282. The van der Waals surface area contributed by atoms with Crippen molar-refractivity contribution in [3.8, 4) is 0 Å². The Morgan fingerprint density at radius 1 is 0.889 bits per heavy atom. The Morgan fingerprint density at radius 2 is 1.39 bits per heavy atom. The average Bonchev–Trinajstić information content (AvgIpc) is 2.30. The normalized spacial score (nSPS) is 11.5. The minimum Gasteiger partial charge on any atom is -0.478 e. The molecule has 0 saturated heterocycles. The van der Waals surface area contributed by atoms with Gasteiger partial charge >= 0.3 is 11.9 Å². The molecule has 0 aliphatic carbocycles. The van der Waals surface area contributed by atoms with E-state index >= 15 is 0 Å². The van der Waals surface area contributed by atoms with Crippen LogP contribution in [0.1, 0.15) is 64.7 Å². The van der Waals surface area contributed by atoms with Crippen molar-refractivity contribution in [1.29, 1.82) is 0 Å². The number of carbonyl (C=O) groups is 2. The third-order valence-corrected chi connectivity index (χ3v) is 2.87. The monoisotopic (exact) mass is 256 g/mol. The standard InChI is InChI=1S/C14H24O4/c1-2-3-4-5-6-7-8-9-10-12(14(17)18)11-13(15)16/h11H,2-10H2,1H3,(H,15,16)(H,17,18). The van der Waals surface area contributed by atoms with Gasteiger partial charge in [0.25, 0.3) is 0 Å². The van der Waals surface area contributed by atoms with E-state index in [0.29, 0.717) is 6.42 Å². The summed E-state index contributed by atoms with van der Waals surface area (Å²) in [5.74, 6) is -2.31. The molecule has 0 aromatic rings. The summed E-state index contributed by atoms with van der Waals surface area (Å²) in [6, 6.07) is 0. The zero-order chi connectivity index (χ0) is 13.8. The van der Waals surface area contributed by atoms with Crippen LogP contribution in [0.5, 0.6) is 0 Å². The first kappa shape index (κ1) is 16.7. The highest BCUT2D eigenvalue weighted by Crippen LogP contribution is 2.13. The van der Waals surface area contributed by atoms with Gasteiger partial charge in [0.15, 0.2) is 0 Å². The van der Waals surface area contributed by atoms with Crippen molar-refractivity contribution in [1.82, 2.24) is 0 Å². The molecular formula is C14H24O4. The molecule has 0 spiro atoms. The summed E-state index contributed by atoms with van der Waals surface area (Å²) in [6.45, 7) is 2.18. The maximum Gasteiger partial charge on any atom is 0.331 e. The van der Waals surface area contributed by atoms with Crippen molar-refractivity contribution < 1.29 is 19.8 Å². The van der Waals surface area contributed by atoms with Gasteiger partial charge < -0.3 is 10.2 Å². The van der Waals surface area contributed by atoms with E-state index < -0.39 is 11.9 Å². The number of unbranched alkanes of at least 4 members (excludes halogenated alkanes) is 7. The first-order chi connectivity index (χ1) is 8.57. The molecule has 0 amide bonds. The fraction of sp³-hybridized carbons (Fsp3) is 0.714. The molecule has 0 heterocycles. The van der Waals surface area contributed by atoms with E-state index in [-0.39, 0.29) is 5.57 Å². The minimum absolute atomic E-state index is 0.00603. The summed E-state index contributed by atoms with van der Waals surface area (Å²) in [5, 5.41) is 17.3. The largest absolute Gasteiger partial charge is 0.478 e. The van der Waals surface area contributed by atoms with Gasteiger partial charge in [-0.2, -0.15) is 0 Å². The third-order valence-electron chi connectivity index (χ3n) is 2.87. The first-order valence-electron chi connectivity index (χ1n) is 6.74. The fourth-order valence-electron chi connectivity index (χ4n) is 1.84. The van der Waals surface area contributed by atoms with Gasteiger partial charge in [0.2, 0.25) is 0 Å². The average molecular weight is 256 g/mol. The van der Waals surface area contributed by atoms with Crippen molar-refractivity contribution in [2.24, 2.45) is 0 Å². The van der Waals surface area contributed by atoms with Crippen LogP contribution in [-0.4, -0.2) is 22.2 Å². The summed E-state index contributed by atoms with van der Waals surface area (Å²) in [7, 11) is 0. The van der Waals surface area contributed by atoms with Crippen molar-refractivity contribution in [3.05, 3.63) is 11.6 Å². The maximum atomic E-state index is 10.7. The highest BCUT2D eigenvalue weighted by atomic mass is 16.4.